The smallest absolute Gasteiger partial charge is 0.352 e. The summed E-state index contributed by atoms with van der Waals surface area (Å²) < 4.78 is 1.75. The zero-order valence-corrected chi connectivity index (χ0v) is 12.3. The van der Waals surface area contributed by atoms with Gasteiger partial charge in [-0.1, -0.05) is 53.6 Å². The van der Waals surface area contributed by atoms with Gasteiger partial charge in [0.25, 0.3) is 0 Å². The van der Waals surface area contributed by atoms with Gasteiger partial charge in [0, 0.05) is 11.9 Å². The lowest BCUT2D eigenvalue weighted by Gasteiger charge is -2.10. The molecule has 0 radical (unpaired) electrons. The van der Waals surface area contributed by atoms with E-state index in [0.717, 1.165) is 16.5 Å². The standard InChI is InChI=1S/C17H14ClNO2/c1-11-5-7-12(8-6-11)10-19-15(17(20)21)9-13-3-2-4-14(18)16(13)19/h2-9H,10H2,1H3,(H,20,21). The van der Waals surface area contributed by atoms with Crippen molar-refractivity contribution in [1.82, 2.24) is 4.57 Å². The van der Waals surface area contributed by atoms with Crippen LogP contribution in [-0.4, -0.2) is 15.6 Å². The topological polar surface area (TPSA) is 42.2 Å². The third kappa shape index (κ3) is 2.52. The number of fused-ring (bicyclic) bond motifs is 1. The van der Waals surface area contributed by atoms with Gasteiger partial charge < -0.3 is 9.67 Å². The number of rotatable bonds is 3. The van der Waals surface area contributed by atoms with Crippen LogP contribution in [0.25, 0.3) is 10.9 Å². The lowest BCUT2D eigenvalue weighted by Crippen LogP contribution is -2.09. The van der Waals surface area contributed by atoms with Crippen molar-refractivity contribution in [3.63, 3.8) is 0 Å². The van der Waals surface area contributed by atoms with E-state index in [1.165, 1.54) is 5.56 Å². The fourth-order valence-corrected chi connectivity index (χ4v) is 2.78. The molecule has 3 rings (SSSR count). The van der Waals surface area contributed by atoms with Crippen LogP contribution in [0, 0.1) is 6.92 Å². The Hall–Kier alpha value is -2.26. The number of halogens is 1. The molecule has 1 aromatic heterocycles. The van der Waals surface area contributed by atoms with Crippen molar-refractivity contribution in [2.24, 2.45) is 0 Å². The quantitative estimate of drug-likeness (QED) is 0.781. The number of hydrogen-bond acceptors (Lipinski definition) is 1. The maximum Gasteiger partial charge on any atom is 0.352 e. The van der Waals surface area contributed by atoms with Crippen molar-refractivity contribution < 1.29 is 9.90 Å². The molecule has 3 aromatic rings. The summed E-state index contributed by atoms with van der Waals surface area (Å²) in [4.78, 5) is 11.5. The van der Waals surface area contributed by atoms with Crippen LogP contribution in [0.15, 0.2) is 48.5 Å². The lowest BCUT2D eigenvalue weighted by molar-refractivity contribution is 0.0686. The molecule has 3 nitrogen and oxygen atoms in total. The van der Waals surface area contributed by atoms with Crippen molar-refractivity contribution >= 4 is 28.5 Å². The maximum absolute atomic E-state index is 11.5. The number of benzene rings is 2. The number of carboxylic acid groups (broad SMARTS) is 1. The average Bonchev–Trinajstić information content (AvgIpc) is 2.82. The Balaban J connectivity index is 2.17. The number of aromatic carboxylic acids is 1. The first-order valence-corrected chi connectivity index (χ1v) is 7.00. The van der Waals surface area contributed by atoms with Crippen LogP contribution in [-0.2, 0) is 6.54 Å². The number of aromatic nitrogens is 1. The Bertz CT molecular complexity index is 819. The van der Waals surface area contributed by atoms with Crippen LogP contribution in [0.5, 0.6) is 0 Å². The predicted molar refractivity (Wildman–Crippen MR) is 84.2 cm³/mol. The van der Waals surface area contributed by atoms with Gasteiger partial charge in [-0.2, -0.15) is 0 Å². The highest BCUT2D eigenvalue weighted by Gasteiger charge is 2.16. The van der Waals surface area contributed by atoms with E-state index in [9.17, 15) is 9.90 Å². The van der Waals surface area contributed by atoms with E-state index < -0.39 is 5.97 Å². The highest BCUT2D eigenvalue weighted by atomic mass is 35.5. The van der Waals surface area contributed by atoms with Gasteiger partial charge in [0.2, 0.25) is 0 Å². The van der Waals surface area contributed by atoms with Crippen LogP contribution < -0.4 is 0 Å². The van der Waals surface area contributed by atoms with E-state index >= 15 is 0 Å². The molecule has 0 aliphatic heterocycles. The first kappa shape index (κ1) is 13.7. The summed E-state index contributed by atoms with van der Waals surface area (Å²) in [5, 5.41) is 10.8. The Kier molecular flexibility index (Phi) is 3.43. The lowest BCUT2D eigenvalue weighted by atomic mass is 10.1. The zero-order valence-electron chi connectivity index (χ0n) is 11.5. The molecule has 0 saturated heterocycles. The summed E-state index contributed by atoms with van der Waals surface area (Å²) in [6.45, 7) is 2.50. The molecular weight excluding hydrogens is 286 g/mol. The molecule has 0 atom stereocenters. The maximum atomic E-state index is 11.5. The summed E-state index contributed by atoms with van der Waals surface area (Å²) in [6, 6.07) is 15.2. The summed E-state index contributed by atoms with van der Waals surface area (Å²) in [6.07, 6.45) is 0. The van der Waals surface area contributed by atoms with Gasteiger partial charge in [-0.05, 0) is 24.6 Å². The summed E-state index contributed by atoms with van der Waals surface area (Å²) in [5.41, 5.74) is 3.23. The SMILES string of the molecule is Cc1ccc(Cn2c(C(=O)O)cc3cccc(Cl)c32)cc1. The summed E-state index contributed by atoms with van der Waals surface area (Å²) in [5.74, 6) is -0.950. The zero-order chi connectivity index (χ0) is 15.0. The molecule has 2 aromatic carbocycles. The number of carboxylic acids is 1. The first-order valence-electron chi connectivity index (χ1n) is 6.63. The number of para-hydroxylation sites is 1. The summed E-state index contributed by atoms with van der Waals surface area (Å²) >= 11 is 6.26. The van der Waals surface area contributed by atoms with E-state index in [-0.39, 0.29) is 5.69 Å². The Morgan fingerprint density at radius 1 is 1.19 bits per heavy atom. The average molecular weight is 300 g/mol. The number of aryl methyl sites for hydroxylation is 1. The van der Waals surface area contributed by atoms with Crippen LogP contribution in [0.3, 0.4) is 0 Å². The first-order chi connectivity index (χ1) is 10.1. The highest BCUT2D eigenvalue weighted by molar-refractivity contribution is 6.35. The van der Waals surface area contributed by atoms with Gasteiger partial charge >= 0.3 is 5.97 Å². The summed E-state index contributed by atoms with van der Waals surface area (Å²) in [7, 11) is 0. The van der Waals surface area contributed by atoms with E-state index in [4.69, 9.17) is 11.6 Å². The Labute approximate surface area is 127 Å². The van der Waals surface area contributed by atoms with Gasteiger partial charge in [0.05, 0.1) is 10.5 Å². The number of hydrogen-bond donors (Lipinski definition) is 1. The molecule has 0 fully saturated rings. The Morgan fingerprint density at radius 2 is 1.90 bits per heavy atom. The molecule has 1 heterocycles. The van der Waals surface area contributed by atoms with E-state index in [1.54, 1.807) is 16.7 Å². The van der Waals surface area contributed by atoms with E-state index in [2.05, 4.69) is 0 Å². The number of carbonyl (C=O) groups is 1. The molecule has 0 aliphatic rings. The van der Waals surface area contributed by atoms with Gasteiger partial charge in [0.15, 0.2) is 0 Å². The predicted octanol–water partition coefficient (Wildman–Crippen LogP) is 4.35. The van der Waals surface area contributed by atoms with Crippen LogP contribution in [0.1, 0.15) is 21.6 Å². The molecule has 0 saturated carbocycles. The molecule has 21 heavy (non-hydrogen) atoms. The molecular formula is C17H14ClNO2. The van der Waals surface area contributed by atoms with E-state index in [1.807, 2.05) is 43.3 Å². The van der Waals surface area contributed by atoms with Crippen molar-refractivity contribution in [3.8, 4) is 0 Å². The van der Waals surface area contributed by atoms with Crippen molar-refractivity contribution in [2.75, 3.05) is 0 Å². The second kappa shape index (κ2) is 5.26. The van der Waals surface area contributed by atoms with Crippen molar-refractivity contribution in [3.05, 3.63) is 70.4 Å². The fourth-order valence-electron chi connectivity index (χ4n) is 2.50. The minimum Gasteiger partial charge on any atom is -0.477 e. The normalized spacial score (nSPS) is 11.0. The molecule has 106 valence electrons. The second-order valence-electron chi connectivity index (χ2n) is 5.08. The highest BCUT2D eigenvalue weighted by Crippen LogP contribution is 2.28. The molecule has 1 N–H and O–H groups in total. The van der Waals surface area contributed by atoms with Gasteiger partial charge in [0.1, 0.15) is 5.69 Å². The third-order valence-electron chi connectivity index (χ3n) is 3.55. The van der Waals surface area contributed by atoms with E-state index in [0.29, 0.717) is 11.6 Å². The molecule has 0 amide bonds. The molecule has 0 aliphatic carbocycles. The minimum atomic E-state index is -0.950. The van der Waals surface area contributed by atoms with Crippen LogP contribution >= 0.6 is 11.6 Å². The van der Waals surface area contributed by atoms with Crippen molar-refractivity contribution in [1.29, 1.82) is 0 Å². The monoisotopic (exact) mass is 299 g/mol. The fraction of sp³-hybridized carbons (Fsp3) is 0.118. The molecule has 0 unspecified atom stereocenters. The van der Waals surface area contributed by atoms with Crippen molar-refractivity contribution in [2.45, 2.75) is 13.5 Å². The second-order valence-corrected chi connectivity index (χ2v) is 5.49. The number of nitrogens with zero attached hydrogens (tertiary/aromatic N) is 1. The molecule has 0 bridgehead atoms. The van der Waals surface area contributed by atoms with Gasteiger partial charge in [-0.25, -0.2) is 4.79 Å². The molecule has 4 heteroatoms. The minimum absolute atomic E-state index is 0.249. The third-order valence-corrected chi connectivity index (χ3v) is 3.86. The van der Waals surface area contributed by atoms with Crippen LogP contribution in [0.4, 0.5) is 0 Å². The van der Waals surface area contributed by atoms with Crippen LogP contribution in [0.2, 0.25) is 5.02 Å². The Morgan fingerprint density at radius 3 is 2.57 bits per heavy atom. The van der Waals surface area contributed by atoms with Gasteiger partial charge in [-0.3, -0.25) is 0 Å². The van der Waals surface area contributed by atoms with Gasteiger partial charge in [-0.15, -0.1) is 0 Å². The molecule has 0 spiro atoms. The largest absolute Gasteiger partial charge is 0.477 e.